The summed E-state index contributed by atoms with van der Waals surface area (Å²) in [5, 5.41) is -0.239. The maximum Gasteiger partial charge on any atom is 0.312 e. The Kier molecular flexibility index (Phi) is 6.93. The van der Waals surface area contributed by atoms with Crippen molar-refractivity contribution >= 4 is 16.0 Å². The Morgan fingerprint density at radius 3 is 2.30 bits per heavy atom. The molecule has 3 nitrogen and oxygen atoms in total. The largest absolute Gasteiger partial charge is 0.329 e. The van der Waals surface area contributed by atoms with Crippen LogP contribution in [0.15, 0.2) is 30.3 Å². The first-order valence-electron chi connectivity index (χ1n) is 7.18. The van der Waals surface area contributed by atoms with Gasteiger partial charge in [0.25, 0.3) is 0 Å². The highest BCUT2D eigenvalue weighted by Gasteiger charge is 2.24. The Balaban J connectivity index is 2.75. The third-order valence-corrected chi connectivity index (χ3v) is 4.47. The van der Waals surface area contributed by atoms with Crippen LogP contribution in [0.4, 0.5) is 4.79 Å². The van der Waals surface area contributed by atoms with E-state index < -0.39 is 10.8 Å². The number of nitrogens with zero attached hydrogens (tertiary/aromatic N) is 1. The molecule has 1 rings (SSSR count). The van der Waals surface area contributed by atoms with E-state index in [4.69, 9.17) is 0 Å². The molecule has 0 aliphatic rings. The molecule has 20 heavy (non-hydrogen) atoms. The Bertz CT molecular complexity index is 445. The fourth-order valence-electron chi connectivity index (χ4n) is 1.97. The van der Waals surface area contributed by atoms with Gasteiger partial charge in [0.15, 0.2) is 0 Å². The number of amides is 1. The minimum absolute atomic E-state index is 0.129. The molecule has 0 aliphatic carbocycles. The summed E-state index contributed by atoms with van der Waals surface area (Å²) < 4.78 is 12.3. The average Bonchev–Trinajstić information content (AvgIpc) is 2.44. The molecule has 0 heterocycles. The number of carbonyl (C=O) groups excluding carboxylic acids is 1. The number of rotatable bonds is 6. The van der Waals surface area contributed by atoms with Crippen LogP contribution in [0.5, 0.6) is 0 Å². The second-order valence-electron chi connectivity index (χ2n) is 5.54. The minimum atomic E-state index is -1.50. The molecule has 0 fully saturated rings. The molecular formula is C16H25NO2S. The van der Waals surface area contributed by atoms with Crippen LogP contribution in [-0.2, 0) is 16.6 Å². The van der Waals surface area contributed by atoms with Crippen molar-refractivity contribution in [1.29, 1.82) is 0 Å². The normalized spacial score (nSPS) is 14.1. The van der Waals surface area contributed by atoms with Gasteiger partial charge in [0.05, 0.1) is 5.75 Å². The van der Waals surface area contributed by atoms with Gasteiger partial charge < -0.3 is 4.90 Å². The maximum atomic E-state index is 12.4. The van der Waals surface area contributed by atoms with E-state index in [2.05, 4.69) is 13.8 Å². The summed E-state index contributed by atoms with van der Waals surface area (Å²) in [6.45, 7) is 8.87. The number of hydrogen-bond donors (Lipinski definition) is 0. The van der Waals surface area contributed by atoms with Crippen molar-refractivity contribution in [3.63, 3.8) is 0 Å². The van der Waals surface area contributed by atoms with Crippen LogP contribution in [-0.4, -0.2) is 26.9 Å². The molecule has 1 aromatic rings. The van der Waals surface area contributed by atoms with Gasteiger partial charge in [-0.3, -0.25) is 4.79 Å². The third kappa shape index (κ3) is 5.08. The molecule has 0 spiro atoms. The van der Waals surface area contributed by atoms with Gasteiger partial charge in [-0.25, -0.2) is 4.21 Å². The van der Waals surface area contributed by atoms with Crippen molar-refractivity contribution in [3.8, 4) is 0 Å². The predicted molar refractivity (Wildman–Crippen MR) is 85.0 cm³/mol. The van der Waals surface area contributed by atoms with E-state index in [1.54, 1.807) is 4.90 Å². The molecule has 1 aromatic carbocycles. The Morgan fingerprint density at radius 1 is 1.20 bits per heavy atom. The average molecular weight is 295 g/mol. The molecule has 2 atom stereocenters. The van der Waals surface area contributed by atoms with E-state index in [1.807, 2.05) is 44.2 Å². The van der Waals surface area contributed by atoms with Gasteiger partial charge in [0.2, 0.25) is 0 Å². The van der Waals surface area contributed by atoms with Gasteiger partial charge in [-0.05, 0) is 24.8 Å². The first-order valence-corrected chi connectivity index (χ1v) is 8.50. The number of hydrogen-bond acceptors (Lipinski definition) is 2. The van der Waals surface area contributed by atoms with Gasteiger partial charge in [-0.1, -0.05) is 51.1 Å². The van der Waals surface area contributed by atoms with Gasteiger partial charge in [0.1, 0.15) is 10.8 Å². The van der Waals surface area contributed by atoms with Crippen molar-refractivity contribution < 1.29 is 9.00 Å². The molecule has 0 radical (unpaired) electrons. The van der Waals surface area contributed by atoms with E-state index >= 15 is 0 Å². The molecule has 4 heteroatoms. The molecule has 0 aromatic heterocycles. The SMILES string of the molecule is CCC(C)N(CC(C)C)C(=O)S(=O)Cc1ccccc1. The van der Waals surface area contributed by atoms with Crippen molar-refractivity contribution in [2.75, 3.05) is 6.54 Å². The Hall–Kier alpha value is -1.16. The third-order valence-electron chi connectivity index (χ3n) is 3.25. The Morgan fingerprint density at radius 2 is 1.80 bits per heavy atom. The summed E-state index contributed by atoms with van der Waals surface area (Å²) in [4.78, 5) is 14.2. The van der Waals surface area contributed by atoms with Crippen molar-refractivity contribution in [1.82, 2.24) is 4.90 Å². The van der Waals surface area contributed by atoms with E-state index in [9.17, 15) is 9.00 Å². The van der Waals surface area contributed by atoms with Crippen LogP contribution >= 0.6 is 0 Å². The lowest BCUT2D eigenvalue weighted by atomic mass is 10.1. The molecule has 0 N–H and O–H groups in total. The highest BCUT2D eigenvalue weighted by Crippen LogP contribution is 2.13. The summed E-state index contributed by atoms with van der Waals surface area (Å²) in [6, 6.07) is 9.65. The quantitative estimate of drug-likeness (QED) is 0.800. The van der Waals surface area contributed by atoms with Crippen LogP contribution in [0.3, 0.4) is 0 Å². The van der Waals surface area contributed by atoms with Crippen molar-refractivity contribution in [2.45, 2.75) is 45.9 Å². The lowest BCUT2D eigenvalue weighted by molar-refractivity contribution is 0.191. The molecule has 2 unspecified atom stereocenters. The molecule has 0 saturated carbocycles. The smallest absolute Gasteiger partial charge is 0.312 e. The van der Waals surface area contributed by atoms with Gasteiger partial charge >= 0.3 is 5.24 Å². The lowest BCUT2D eigenvalue weighted by Crippen LogP contribution is -2.42. The maximum absolute atomic E-state index is 12.4. The van der Waals surface area contributed by atoms with E-state index in [0.717, 1.165) is 12.0 Å². The fourth-order valence-corrected chi connectivity index (χ4v) is 3.10. The topological polar surface area (TPSA) is 37.4 Å². The summed E-state index contributed by atoms with van der Waals surface area (Å²) >= 11 is 0. The molecule has 1 amide bonds. The number of carbonyl (C=O) groups is 1. The van der Waals surface area contributed by atoms with E-state index in [1.165, 1.54) is 0 Å². The zero-order valence-electron chi connectivity index (χ0n) is 12.8. The van der Waals surface area contributed by atoms with E-state index in [0.29, 0.717) is 18.2 Å². The monoisotopic (exact) mass is 295 g/mol. The first-order chi connectivity index (χ1) is 9.45. The lowest BCUT2D eigenvalue weighted by Gasteiger charge is -2.29. The predicted octanol–water partition coefficient (Wildman–Crippen LogP) is 3.81. The van der Waals surface area contributed by atoms with Crippen molar-refractivity contribution in [2.24, 2.45) is 5.92 Å². The van der Waals surface area contributed by atoms with Crippen LogP contribution in [0, 0.1) is 5.92 Å². The molecule has 0 aliphatic heterocycles. The summed E-state index contributed by atoms with van der Waals surface area (Å²) in [6.07, 6.45) is 0.876. The van der Waals surface area contributed by atoms with Crippen LogP contribution in [0.25, 0.3) is 0 Å². The minimum Gasteiger partial charge on any atom is -0.329 e. The number of benzene rings is 1. The highest BCUT2D eigenvalue weighted by atomic mass is 32.2. The zero-order valence-corrected chi connectivity index (χ0v) is 13.7. The second-order valence-corrected chi connectivity index (χ2v) is 6.87. The summed E-state index contributed by atoms with van der Waals surface area (Å²) in [5.41, 5.74) is 0.938. The first kappa shape index (κ1) is 16.9. The molecule has 0 bridgehead atoms. The van der Waals surface area contributed by atoms with Gasteiger partial charge in [-0.2, -0.15) is 0 Å². The van der Waals surface area contributed by atoms with Crippen LogP contribution < -0.4 is 0 Å². The van der Waals surface area contributed by atoms with Gasteiger partial charge in [0, 0.05) is 12.6 Å². The summed E-state index contributed by atoms with van der Waals surface area (Å²) in [7, 11) is -1.50. The second kappa shape index (κ2) is 8.20. The molecular weight excluding hydrogens is 270 g/mol. The Labute approximate surface area is 124 Å². The standard InChI is InChI=1S/C16H25NO2S/c1-5-14(4)17(11-13(2)3)16(18)20(19)12-15-9-7-6-8-10-15/h6-10,13-14H,5,11-12H2,1-4H3. The van der Waals surface area contributed by atoms with Gasteiger partial charge in [-0.15, -0.1) is 0 Å². The van der Waals surface area contributed by atoms with Crippen LogP contribution in [0.2, 0.25) is 0 Å². The zero-order chi connectivity index (χ0) is 15.1. The molecule has 0 saturated heterocycles. The van der Waals surface area contributed by atoms with Crippen LogP contribution in [0.1, 0.15) is 39.7 Å². The van der Waals surface area contributed by atoms with Crippen molar-refractivity contribution in [3.05, 3.63) is 35.9 Å². The van der Waals surface area contributed by atoms with E-state index in [-0.39, 0.29) is 11.3 Å². The highest BCUT2D eigenvalue weighted by molar-refractivity contribution is 7.99. The molecule has 112 valence electrons. The summed E-state index contributed by atoms with van der Waals surface area (Å²) in [5.74, 6) is 0.673. The fraction of sp³-hybridized carbons (Fsp3) is 0.562.